The number of hydrogen-bond acceptors (Lipinski definition) is 6. The molecule has 28 heavy (non-hydrogen) atoms. The summed E-state index contributed by atoms with van der Waals surface area (Å²) in [6.07, 6.45) is 8.13. The minimum atomic E-state index is -8.02. The Hall–Kier alpha value is -0.781. The van der Waals surface area contributed by atoms with Crippen LogP contribution in [0.1, 0.15) is 0 Å². The maximum absolute atomic E-state index is 12.0. The molecule has 166 valence electrons. The van der Waals surface area contributed by atoms with Gasteiger partial charge in [-0.2, -0.15) is 39.5 Å². The van der Waals surface area contributed by atoms with Crippen molar-refractivity contribution in [2.24, 2.45) is 0 Å². The number of sulfone groups is 3. The van der Waals surface area contributed by atoms with E-state index in [1.165, 1.54) is 0 Å². The third-order valence-corrected chi connectivity index (χ3v) is 9.78. The summed E-state index contributed by atoms with van der Waals surface area (Å²) < 4.78 is 167. The van der Waals surface area contributed by atoms with Gasteiger partial charge >= 0.3 is 61.7 Å². The second kappa shape index (κ2) is 8.16. The van der Waals surface area contributed by atoms with Gasteiger partial charge in [0.2, 0.25) is 0 Å². The molecule has 0 radical (unpaired) electrons. The third kappa shape index (κ3) is 5.64. The molecule has 0 spiro atoms. The maximum atomic E-state index is 12.0. The number of allylic oxidation sites excluding steroid dienone is 4. The molecule has 6 nitrogen and oxygen atoms in total. The molecule has 1 aliphatic carbocycles. The Morgan fingerprint density at radius 3 is 0.929 bits per heavy atom. The van der Waals surface area contributed by atoms with Crippen molar-refractivity contribution >= 4 is 29.5 Å². The van der Waals surface area contributed by atoms with Gasteiger partial charge in [0.25, 0.3) is 0 Å². The van der Waals surface area contributed by atoms with Crippen LogP contribution in [0.25, 0.3) is 0 Å². The van der Waals surface area contributed by atoms with E-state index in [4.69, 9.17) is 0 Å². The molecule has 0 bridgehead atoms. The Morgan fingerprint density at radius 1 is 0.607 bits per heavy atom. The first kappa shape index (κ1) is 27.2. The van der Waals surface area contributed by atoms with E-state index < -0.39 is 50.0 Å². The van der Waals surface area contributed by atoms with Crippen LogP contribution >= 0.6 is 0 Å². The summed E-state index contributed by atoms with van der Waals surface area (Å²) in [6.45, 7) is 0. The Morgan fingerprint density at radius 2 is 0.821 bits per heavy atom. The van der Waals surface area contributed by atoms with Crippen LogP contribution < -0.4 is 0 Å². The van der Waals surface area contributed by atoms with Gasteiger partial charge in [0.1, 0.15) is 0 Å². The molecule has 0 aliphatic heterocycles. The summed E-state index contributed by atoms with van der Waals surface area (Å²) in [5.74, 6) is 0. The third-order valence-electron chi connectivity index (χ3n) is 2.26. The predicted molar refractivity (Wildman–Crippen MR) is 70.2 cm³/mol. The van der Waals surface area contributed by atoms with Crippen molar-refractivity contribution in [1.29, 1.82) is 0 Å². The van der Waals surface area contributed by atoms with Gasteiger partial charge in [0.05, 0.1) is 3.91 Å². The topological polar surface area (TPSA) is 102 Å². The Bertz CT molecular complexity index is 822. The fourth-order valence-electron chi connectivity index (χ4n) is 1.12. The van der Waals surface area contributed by atoms with E-state index in [9.17, 15) is 64.8 Å². The number of rotatable bonds is 3. The summed E-state index contributed by atoms with van der Waals surface area (Å²) in [5, 5.41) is 0. The van der Waals surface area contributed by atoms with Crippen LogP contribution in [0.4, 0.5) is 39.5 Å². The van der Waals surface area contributed by atoms with Crippen LogP contribution in [0.2, 0.25) is 4.82 Å². The summed E-state index contributed by atoms with van der Waals surface area (Å²) in [5.41, 5.74) is -21.2. The summed E-state index contributed by atoms with van der Waals surface area (Å²) in [4.78, 5) is 0.435. The molecule has 0 saturated carbocycles. The van der Waals surface area contributed by atoms with Crippen LogP contribution in [-0.2, 0) is 45.5 Å². The second-order valence-electron chi connectivity index (χ2n) is 4.30. The SMILES string of the molecule is O=S(=O)([C-](S(=O)(=O)C(F)(F)F)S(=O)(=O)C(F)(F)F)C(F)(F)F.[Fe+][CH]1C=CC=C1. The van der Waals surface area contributed by atoms with E-state index in [1.54, 1.807) is 0 Å². The molecular weight excluding hydrogens is 527 g/mol. The van der Waals surface area contributed by atoms with Crippen LogP contribution in [0.3, 0.4) is 0 Å². The molecule has 1 aliphatic rings. The van der Waals surface area contributed by atoms with Gasteiger partial charge in [-0.15, -0.1) is 0 Å². The van der Waals surface area contributed by atoms with Crippen molar-refractivity contribution < 1.29 is 80.8 Å². The molecule has 0 unspecified atom stereocenters. The zero-order valence-corrected chi connectivity index (χ0v) is 15.9. The van der Waals surface area contributed by atoms with Gasteiger partial charge in [-0.05, 0) is 0 Å². The molecular formula is C9H5F9FeO6S3. The van der Waals surface area contributed by atoms with Crippen molar-refractivity contribution in [3.05, 3.63) is 28.2 Å². The molecule has 0 aromatic carbocycles. The van der Waals surface area contributed by atoms with Crippen LogP contribution in [0.15, 0.2) is 24.3 Å². The molecule has 0 amide bonds. The minimum absolute atomic E-state index is 0.435. The van der Waals surface area contributed by atoms with Crippen molar-refractivity contribution in [2.45, 2.75) is 21.3 Å². The molecule has 0 aromatic rings. The van der Waals surface area contributed by atoms with E-state index in [2.05, 4.69) is 28.2 Å². The van der Waals surface area contributed by atoms with Crippen molar-refractivity contribution in [3.8, 4) is 0 Å². The average molecular weight is 532 g/mol. The fourth-order valence-corrected chi connectivity index (χ4v) is 7.10. The zero-order chi connectivity index (χ0) is 23.0. The van der Waals surface area contributed by atoms with Crippen LogP contribution in [0, 0.1) is 3.91 Å². The van der Waals surface area contributed by atoms with Gasteiger partial charge < -0.3 is 0 Å². The monoisotopic (exact) mass is 532 g/mol. The normalized spacial score (nSPS) is 17.0. The molecule has 0 heterocycles. The predicted octanol–water partition coefficient (Wildman–Crippen LogP) is 2.68. The second-order valence-corrected chi connectivity index (χ2v) is 11.4. The molecule has 19 heteroatoms. The molecule has 0 saturated heterocycles. The Kier molecular flexibility index (Phi) is 7.93. The Labute approximate surface area is 160 Å². The van der Waals surface area contributed by atoms with E-state index in [0.717, 1.165) is 0 Å². The number of halogens is 9. The first-order valence-electron chi connectivity index (χ1n) is 5.80. The molecule has 1 rings (SSSR count). The summed E-state index contributed by atoms with van der Waals surface area (Å²) in [6, 6.07) is 0. The van der Waals surface area contributed by atoms with Gasteiger partial charge in [0, 0.05) is 0 Å². The van der Waals surface area contributed by atoms with E-state index in [0.29, 0.717) is 4.82 Å². The Balaban J connectivity index is 0.00000102. The number of alkyl halides is 9. The quantitative estimate of drug-likeness (QED) is 0.315. The molecule has 0 aromatic heterocycles. The van der Waals surface area contributed by atoms with Crippen molar-refractivity contribution in [1.82, 2.24) is 0 Å². The first-order valence-corrected chi connectivity index (χ1v) is 10.9. The van der Waals surface area contributed by atoms with Gasteiger partial charge in [-0.1, -0.05) is 0 Å². The van der Waals surface area contributed by atoms with Gasteiger partial charge in [-0.25, -0.2) is 0 Å². The summed E-state index contributed by atoms with van der Waals surface area (Å²) in [7, 11) is -24.1. The first-order chi connectivity index (χ1) is 12.0. The molecule has 0 N–H and O–H groups in total. The fraction of sp³-hybridized carbons (Fsp3) is 0.444. The van der Waals surface area contributed by atoms with Gasteiger partial charge in [-0.3, -0.25) is 25.3 Å². The van der Waals surface area contributed by atoms with Crippen molar-refractivity contribution in [2.75, 3.05) is 0 Å². The van der Waals surface area contributed by atoms with E-state index in [1.807, 2.05) is 12.2 Å². The zero-order valence-electron chi connectivity index (χ0n) is 12.3. The van der Waals surface area contributed by atoms with Crippen molar-refractivity contribution in [3.63, 3.8) is 0 Å². The van der Waals surface area contributed by atoms with E-state index >= 15 is 0 Å². The number of hydrogen-bond donors (Lipinski definition) is 0. The molecule has 0 fully saturated rings. The standard InChI is InChI=1S/C5H5.C4F9O6S3.Fe/c1-2-4-5-3-1;5-2(6,7)20(14,15)1(21(16,17)3(8,9)10)22(18,19)4(11,12)13;/h1-5H;;/q;-1;+1. The summed E-state index contributed by atoms with van der Waals surface area (Å²) >= 11 is 3.76. The average Bonchev–Trinajstić information content (AvgIpc) is 2.85. The van der Waals surface area contributed by atoms with Crippen LogP contribution in [0.5, 0.6) is 0 Å². The van der Waals surface area contributed by atoms with Crippen LogP contribution in [-0.4, -0.2) is 41.8 Å². The van der Waals surface area contributed by atoms with Gasteiger partial charge in [0.15, 0.2) is 29.5 Å². The van der Waals surface area contributed by atoms with E-state index in [-0.39, 0.29) is 0 Å². The molecule has 0 atom stereocenters.